The Morgan fingerprint density at radius 3 is 2.65 bits per heavy atom. The lowest BCUT2D eigenvalue weighted by Crippen LogP contribution is -2.44. The van der Waals surface area contributed by atoms with Gasteiger partial charge in [0.2, 0.25) is 0 Å². The average Bonchev–Trinajstić information content (AvgIpc) is 2.92. The Bertz CT molecular complexity index is 278. The first-order chi connectivity index (χ1) is 9.76. The number of nitrogens with zero attached hydrogens (tertiary/aromatic N) is 1. The summed E-state index contributed by atoms with van der Waals surface area (Å²) in [6.45, 7) is 5.75. The predicted molar refractivity (Wildman–Crippen MR) is 89.8 cm³/mol. The number of hydrogen-bond donors (Lipinski definition) is 2. The Balaban J connectivity index is 2.37. The third-order valence-corrected chi connectivity index (χ3v) is 4.71. The van der Waals surface area contributed by atoms with Crippen molar-refractivity contribution in [1.29, 1.82) is 0 Å². The van der Waals surface area contributed by atoms with Crippen LogP contribution in [-0.4, -0.2) is 51.3 Å². The molecule has 2 N–H and O–H groups in total. The van der Waals surface area contributed by atoms with Crippen LogP contribution in [0.3, 0.4) is 0 Å². The number of aliphatic imine (C=N–C) groups is 1. The highest BCUT2D eigenvalue weighted by molar-refractivity contribution is 7.98. The number of thioether (sulfide) groups is 1. The normalized spacial score (nSPS) is 18.2. The van der Waals surface area contributed by atoms with Gasteiger partial charge in [-0.2, -0.15) is 11.8 Å². The number of hydrogen-bond acceptors (Lipinski definition) is 3. The van der Waals surface area contributed by atoms with Crippen LogP contribution in [0.2, 0.25) is 0 Å². The zero-order chi connectivity index (χ0) is 14.7. The summed E-state index contributed by atoms with van der Waals surface area (Å²) in [7, 11) is 1.84. The lowest BCUT2D eigenvalue weighted by molar-refractivity contribution is 0.105. The molecule has 0 aliphatic heterocycles. The van der Waals surface area contributed by atoms with Crippen LogP contribution in [0.1, 0.15) is 39.0 Å². The van der Waals surface area contributed by atoms with E-state index in [0.717, 1.165) is 44.4 Å². The van der Waals surface area contributed by atoms with Crippen molar-refractivity contribution in [2.24, 2.45) is 10.4 Å². The molecule has 0 spiro atoms. The van der Waals surface area contributed by atoms with E-state index in [1.165, 1.54) is 25.7 Å². The largest absolute Gasteiger partial charge is 0.382 e. The molecule has 20 heavy (non-hydrogen) atoms. The van der Waals surface area contributed by atoms with Crippen LogP contribution in [0.4, 0.5) is 0 Å². The molecule has 0 aromatic heterocycles. The fourth-order valence-electron chi connectivity index (χ4n) is 2.84. The van der Waals surface area contributed by atoms with Crippen molar-refractivity contribution >= 4 is 17.7 Å². The molecule has 0 aromatic rings. The van der Waals surface area contributed by atoms with Crippen molar-refractivity contribution in [3.63, 3.8) is 0 Å². The Hall–Kier alpha value is -0.420. The van der Waals surface area contributed by atoms with Gasteiger partial charge >= 0.3 is 0 Å². The Labute approximate surface area is 128 Å². The molecule has 0 amide bonds. The van der Waals surface area contributed by atoms with Crippen molar-refractivity contribution in [3.8, 4) is 0 Å². The highest BCUT2D eigenvalue weighted by Gasteiger charge is 2.33. The smallest absolute Gasteiger partial charge is 0.191 e. The van der Waals surface area contributed by atoms with Crippen molar-refractivity contribution in [3.05, 3.63) is 0 Å². The SMILES string of the molecule is CCOCCC1(CNC(=NC)NCCSC)CCCC1. The zero-order valence-corrected chi connectivity index (χ0v) is 14.2. The molecule has 0 aromatic carbocycles. The third kappa shape index (κ3) is 6.35. The van der Waals surface area contributed by atoms with Gasteiger partial charge in [-0.05, 0) is 37.9 Å². The Morgan fingerprint density at radius 2 is 2.05 bits per heavy atom. The van der Waals surface area contributed by atoms with Gasteiger partial charge in [0.1, 0.15) is 0 Å². The van der Waals surface area contributed by atoms with Crippen LogP contribution < -0.4 is 10.6 Å². The molecule has 1 aliphatic carbocycles. The van der Waals surface area contributed by atoms with Crippen molar-refractivity contribution < 1.29 is 4.74 Å². The van der Waals surface area contributed by atoms with Gasteiger partial charge in [0.15, 0.2) is 5.96 Å². The maximum Gasteiger partial charge on any atom is 0.191 e. The van der Waals surface area contributed by atoms with E-state index in [1.807, 2.05) is 18.8 Å². The topological polar surface area (TPSA) is 45.6 Å². The molecule has 1 fully saturated rings. The summed E-state index contributed by atoms with van der Waals surface area (Å²) < 4.78 is 5.56. The van der Waals surface area contributed by atoms with Crippen LogP contribution >= 0.6 is 11.8 Å². The van der Waals surface area contributed by atoms with Crippen molar-refractivity contribution in [2.45, 2.75) is 39.0 Å². The van der Waals surface area contributed by atoms with Gasteiger partial charge in [-0.3, -0.25) is 4.99 Å². The molecular formula is C15H31N3OS. The van der Waals surface area contributed by atoms with Crippen LogP contribution in [0.25, 0.3) is 0 Å². The van der Waals surface area contributed by atoms with Gasteiger partial charge < -0.3 is 15.4 Å². The van der Waals surface area contributed by atoms with E-state index >= 15 is 0 Å². The van der Waals surface area contributed by atoms with Crippen LogP contribution in [0.15, 0.2) is 4.99 Å². The maximum atomic E-state index is 5.56. The van der Waals surface area contributed by atoms with Gasteiger partial charge in [0.05, 0.1) is 0 Å². The van der Waals surface area contributed by atoms with Crippen LogP contribution in [-0.2, 0) is 4.74 Å². The molecule has 0 unspecified atom stereocenters. The average molecular weight is 302 g/mol. The molecule has 5 heteroatoms. The first-order valence-electron chi connectivity index (χ1n) is 7.77. The summed E-state index contributed by atoms with van der Waals surface area (Å²) in [5.41, 5.74) is 0.409. The third-order valence-electron chi connectivity index (χ3n) is 4.10. The first kappa shape index (κ1) is 17.6. The maximum absolute atomic E-state index is 5.56. The Morgan fingerprint density at radius 1 is 1.30 bits per heavy atom. The summed E-state index contributed by atoms with van der Waals surface area (Å²) in [6.07, 6.45) is 8.62. The molecular weight excluding hydrogens is 270 g/mol. The molecule has 118 valence electrons. The number of rotatable bonds is 9. The molecule has 1 aliphatic rings. The Kier molecular flexibility index (Phi) is 9.10. The highest BCUT2D eigenvalue weighted by atomic mass is 32.2. The quantitative estimate of drug-likeness (QED) is 0.390. The lowest BCUT2D eigenvalue weighted by Gasteiger charge is -2.30. The molecule has 0 bridgehead atoms. The standard InChI is InChI=1S/C15H31N3OS/c1-4-19-11-9-15(7-5-6-8-15)13-18-14(16-2)17-10-12-20-3/h4-13H2,1-3H3,(H2,16,17,18). The fourth-order valence-corrected chi connectivity index (χ4v) is 3.14. The first-order valence-corrected chi connectivity index (χ1v) is 9.17. The van der Waals surface area contributed by atoms with E-state index in [0.29, 0.717) is 5.41 Å². The number of nitrogens with one attached hydrogen (secondary N) is 2. The summed E-state index contributed by atoms with van der Waals surface area (Å²) in [5, 5.41) is 6.88. The number of ether oxygens (including phenoxy) is 1. The minimum Gasteiger partial charge on any atom is -0.382 e. The molecule has 1 rings (SSSR count). The second-order valence-corrected chi connectivity index (χ2v) is 6.48. The van der Waals surface area contributed by atoms with Gasteiger partial charge in [0.25, 0.3) is 0 Å². The second kappa shape index (κ2) is 10.3. The summed E-state index contributed by atoms with van der Waals surface area (Å²) in [5.74, 6) is 2.04. The van der Waals surface area contributed by atoms with Gasteiger partial charge in [-0.15, -0.1) is 0 Å². The lowest BCUT2D eigenvalue weighted by atomic mass is 9.83. The zero-order valence-electron chi connectivity index (χ0n) is 13.3. The van der Waals surface area contributed by atoms with Crippen molar-refractivity contribution in [2.75, 3.05) is 45.4 Å². The van der Waals surface area contributed by atoms with E-state index in [1.54, 1.807) is 0 Å². The van der Waals surface area contributed by atoms with E-state index < -0.39 is 0 Å². The molecule has 4 nitrogen and oxygen atoms in total. The number of guanidine groups is 1. The molecule has 0 atom stereocenters. The minimum atomic E-state index is 0.409. The summed E-state index contributed by atoms with van der Waals surface area (Å²) in [4.78, 5) is 4.30. The van der Waals surface area contributed by atoms with E-state index in [2.05, 4.69) is 28.8 Å². The van der Waals surface area contributed by atoms with Crippen LogP contribution in [0.5, 0.6) is 0 Å². The fraction of sp³-hybridized carbons (Fsp3) is 0.933. The second-order valence-electron chi connectivity index (χ2n) is 5.50. The van der Waals surface area contributed by atoms with E-state index in [-0.39, 0.29) is 0 Å². The molecule has 0 saturated heterocycles. The molecule has 0 heterocycles. The van der Waals surface area contributed by atoms with Gasteiger partial charge in [0, 0.05) is 39.1 Å². The molecule has 1 saturated carbocycles. The van der Waals surface area contributed by atoms with Crippen LogP contribution in [0, 0.1) is 5.41 Å². The summed E-state index contributed by atoms with van der Waals surface area (Å²) >= 11 is 1.85. The van der Waals surface area contributed by atoms with E-state index in [4.69, 9.17) is 4.74 Å². The highest BCUT2D eigenvalue weighted by Crippen LogP contribution is 2.40. The minimum absolute atomic E-state index is 0.409. The van der Waals surface area contributed by atoms with Crippen molar-refractivity contribution in [1.82, 2.24) is 10.6 Å². The monoisotopic (exact) mass is 301 g/mol. The molecule has 0 radical (unpaired) electrons. The summed E-state index contributed by atoms with van der Waals surface area (Å²) in [6, 6.07) is 0. The predicted octanol–water partition coefficient (Wildman–Crippen LogP) is 2.50. The van der Waals surface area contributed by atoms with E-state index in [9.17, 15) is 0 Å². The van der Waals surface area contributed by atoms with Gasteiger partial charge in [-0.1, -0.05) is 12.8 Å². The van der Waals surface area contributed by atoms with Gasteiger partial charge in [-0.25, -0.2) is 0 Å².